The van der Waals surface area contributed by atoms with E-state index in [2.05, 4.69) is 20.1 Å². The third-order valence-electron chi connectivity index (χ3n) is 3.48. The van der Waals surface area contributed by atoms with Crippen LogP contribution in [-0.4, -0.2) is 27.6 Å². The predicted octanol–water partition coefficient (Wildman–Crippen LogP) is 5.18. The van der Waals surface area contributed by atoms with Gasteiger partial charge in [0, 0.05) is 0 Å². The molecule has 0 aliphatic rings. The van der Waals surface area contributed by atoms with Crippen molar-refractivity contribution in [3.63, 3.8) is 0 Å². The third kappa shape index (κ3) is 4.73. The smallest absolute Gasteiger partial charge is 0.452 e. The van der Waals surface area contributed by atoms with Gasteiger partial charge in [-0.25, -0.2) is 4.79 Å². The van der Waals surface area contributed by atoms with E-state index in [9.17, 15) is 18.0 Å². The second-order valence-corrected chi connectivity index (χ2v) is 6.24. The van der Waals surface area contributed by atoms with Crippen LogP contribution < -0.4 is 4.74 Å². The molecule has 0 amide bonds. The Balaban J connectivity index is 1.69. The molecule has 0 unspecified atom stereocenters. The predicted molar refractivity (Wildman–Crippen MR) is 94.2 cm³/mol. The Morgan fingerprint density at radius 2 is 1.71 bits per heavy atom. The highest BCUT2D eigenvalue weighted by Gasteiger charge is 2.41. The van der Waals surface area contributed by atoms with Gasteiger partial charge in [-0.3, -0.25) is 5.10 Å². The maximum atomic E-state index is 12.2. The van der Waals surface area contributed by atoms with E-state index in [0.29, 0.717) is 15.8 Å². The Morgan fingerprint density at radius 3 is 2.36 bits per heavy atom. The Bertz CT molecular complexity index is 991. The average molecular weight is 432 g/mol. The lowest BCUT2D eigenvalue weighted by molar-refractivity contribution is -0.201. The zero-order valence-corrected chi connectivity index (χ0v) is 15.3. The van der Waals surface area contributed by atoms with Crippen molar-refractivity contribution in [2.75, 3.05) is 0 Å². The number of hydrogen-bond acceptors (Lipinski definition) is 5. The number of aromatic amines is 1. The molecule has 0 atom stereocenters. The highest BCUT2D eigenvalue weighted by atomic mass is 35.5. The summed E-state index contributed by atoms with van der Waals surface area (Å²) in [5.74, 6) is -2.09. The lowest BCUT2D eigenvalue weighted by atomic mass is 10.1. The minimum absolute atomic E-state index is 0.0221. The monoisotopic (exact) mass is 431 g/mol. The summed E-state index contributed by atoms with van der Waals surface area (Å²) in [6, 6.07) is 11.9. The molecule has 1 N–H and O–H groups in total. The summed E-state index contributed by atoms with van der Waals surface area (Å²) in [5, 5.41) is 10.2. The molecule has 3 aromatic rings. The maximum Gasteiger partial charge on any atom is 0.490 e. The number of halogens is 5. The van der Waals surface area contributed by atoms with Crippen LogP contribution >= 0.6 is 23.2 Å². The van der Waals surface area contributed by atoms with Gasteiger partial charge in [-0.2, -0.15) is 13.2 Å². The first-order chi connectivity index (χ1) is 13.2. The summed E-state index contributed by atoms with van der Waals surface area (Å²) in [6.45, 7) is -0.720. The summed E-state index contributed by atoms with van der Waals surface area (Å²) >= 11 is 11.9. The van der Waals surface area contributed by atoms with E-state index >= 15 is 0 Å². The Labute approximate surface area is 166 Å². The largest absolute Gasteiger partial charge is 0.490 e. The molecule has 0 spiro atoms. The van der Waals surface area contributed by atoms with E-state index in [1.54, 1.807) is 42.5 Å². The summed E-state index contributed by atoms with van der Waals surface area (Å²) < 4.78 is 46.2. The van der Waals surface area contributed by atoms with Crippen LogP contribution in [0, 0.1) is 0 Å². The molecular formula is C17H10Cl2F3N3O3. The van der Waals surface area contributed by atoms with Crippen LogP contribution in [0.2, 0.25) is 10.0 Å². The average Bonchev–Trinajstić information content (AvgIpc) is 3.09. The SMILES string of the molecule is O=C(OCc1[nH]nnc1Oc1ccc(-c2ccc(Cl)c(Cl)c2)cc1)C(F)(F)F. The second kappa shape index (κ2) is 8.07. The van der Waals surface area contributed by atoms with Crippen molar-refractivity contribution in [1.29, 1.82) is 0 Å². The zero-order chi connectivity index (χ0) is 20.3. The van der Waals surface area contributed by atoms with Gasteiger partial charge in [-0.15, -0.1) is 0 Å². The van der Waals surface area contributed by atoms with E-state index in [0.717, 1.165) is 11.1 Å². The van der Waals surface area contributed by atoms with Gasteiger partial charge in [0.05, 0.1) is 10.0 Å². The summed E-state index contributed by atoms with van der Waals surface area (Å²) in [6.07, 6.45) is -5.09. The Morgan fingerprint density at radius 1 is 1.04 bits per heavy atom. The number of carbonyl (C=O) groups is 1. The van der Waals surface area contributed by atoms with E-state index in [1.165, 1.54) is 0 Å². The van der Waals surface area contributed by atoms with E-state index in [1.807, 2.05) is 0 Å². The van der Waals surface area contributed by atoms with Crippen molar-refractivity contribution in [3.05, 3.63) is 58.2 Å². The van der Waals surface area contributed by atoms with E-state index < -0.39 is 18.8 Å². The van der Waals surface area contributed by atoms with Gasteiger partial charge in [0.15, 0.2) is 0 Å². The van der Waals surface area contributed by atoms with Crippen LogP contribution in [0.15, 0.2) is 42.5 Å². The van der Waals surface area contributed by atoms with Crippen LogP contribution in [-0.2, 0) is 16.1 Å². The number of rotatable bonds is 5. The van der Waals surface area contributed by atoms with Gasteiger partial charge in [0.1, 0.15) is 18.1 Å². The number of ether oxygens (including phenoxy) is 2. The third-order valence-corrected chi connectivity index (χ3v) is 4.22. The maximum absolute atomic E-state index is 12.2. The fourth-order valence-corrected chi connectivity index (χ4v) is 2.44. The first-order valence-corrected chi connectivity index (χ1v) is 8.37. The standard InChI is InChI=1S/C17H10Cl2F3N3O3/c18-12-6-3-10(7-13(12)19)9-1-4-11(5-2-9)28-15-14(23-25-24-15)8-27-16(26)17(20,21)22/h1-7H,8H2,(H,23,24,25). The van der Waals surface area contributed by atoms with Gasteiger partial charge in [0.2, 0.25) is 0 Å². The Hall–Kier alpha value is -2.78. The van der Waals surface area contributed by atoms with Crippen LogP contribution in [0.1, 0.15) is 5.69 Å². The number of alkyl halides is 3. The van der Waals surface area contributed by atoms with E-state index in [-0.39, 0.29) is 11.6 Å². The van der Waals surface area contributed by atoms with Crippen molar-refractivity contribution >= 4 is 29.2 Å². The fourth-order valence-electron chi connectivity index (χ4n) is 2.14. The van der Waals surface area contributed by atoms with Crippen molar-refractivity contribution in [2.24, 2.45) is 0 Å². The molecule has 3 rings (SSSR count). The van der Waals surface area contributed by atoms with Crippen molar-refractivity contribution < 1.29 is 27.4 Å². The molecule has 0 aliphatic heterocycles. The number of esters is 1. The fraction of sp³-hybridized carbons (Fsp3) is 0.118. The normalized spacial score (nSPS) is 11.3. The van der Waals surface area contributed by atoms with Crippen LogP contribution in [0.25, 0.3) is 11.1 Å². The molecule has 6 nitrogen and oxygen atoms in total. The van der Waals surface area contributed by atoms with Crippen LogP contribution in [0.4, 0.5) is 13.2 Å². The molecule has 146 valence electrons. The van der Waals surface area contributed by atoms with Gasteiger partial charge in [-0.05, 0) is 35.4 Å². The first-order valence-electron chi connectivity index (χ1n) is 7.61. The lowest BCUT2D eigenvalue weighted by Crippen LogP contribution is -2.25. The number of nitrogens with zero attached hydrogens (tertiary/aromatic N) is 2. The Kier molecular flexibility index (Phi) is 5.76. The molecule has 28 heavy (non-hydrogen) atoms. The number of aromatic nitrogens is 3. The lowest BCUT2D eigenvalue weighted by Gasteiger charge is -2.08. The van der Waals surface area contributed by atoms with Crippen molar-refractivity contribution in [3.8, 4) is 22.8 Å². The molecule has 0 bridgehead atoms. The van der Waals surface area contributed by atoms with E-state index in [4.69, 9.17) is 27.9 Å². The second-order valence-electron chi connectivity index (χ2n) is 5.42. The number of nitrogens with one attached hydrogen (secondary N) is 1. The molecule has 0 radical (unpaired) electrons. The first kappa shape index (κ1) is 20.0. The number of H-pyrrole nitrogens is 1. The van der Waals surface area contributed by atoms with Crippen LogP contribution in [0.5, 0.6) is 11.6 Å². The van der Waals surface area contributed by atoms with Gasteiger partial charge in [-0.1, -0.05) is 51.7 Å². The quantitative estimate of drug-likeness (QED) is 0.563. The van der Waals surface area contributed by atoms with Gasteiger partial charge in [0.25, 0.3) is 5.88 Å². The number of benzene rings is 2. The molecule has 0 saturated heterocycles. The summed E-state index contributed by atoms with van der Waals surface area (Å²) in [4.78, 5) is 10.8. The summed E-state index contributed by atoms with van der Waals surface area (Å²) in [5.41, 5.74) is 1.65. The zero-order valence-electron chi connectivity index (χ0n) is 13.8. The molecular weight excluding hydrogens is 422 g/mol. The minimum Gasteiger partial charge on any atom is -0.452 e. The van der Waals surface area contributed by atoms with Crippen LogP contribution in [0.3, 0.4) is 0 Å². The molecule has 11 heteroatoms. The van der Waals surface area contributed by atoms with Gasteiger partial charge >= 0.3 is 12.1 Å². The number of carbonyl (C=O) groups excluding carboxylic acids is 1. The van der Waals surface area contributed by atoms with Gasteiger partial charge < -0.3 is 9.47 Å². The molecule has 2 aromatic carbocycles. The molecule has 0 saturated carbocycles. The summed E-state index contributed by atoms with van der Waals surface area (Å²) in [7, 11) is 0. The molecule has 0 aliphatic carbocycles. The minimum atomic E-state index is -5.09. The molecule has 1 aromatic heterocycles. The highest BCUT2D eigenvalue weighted by Crippen LogP contribution is 2.30. The number of hydrogen-bond donors (Lipinski definition) is 1. The molecule has 1 heterocycles. The van der Waals surface area contributed by atoms with Crippen molar-refractivity contribution in [1.82, 2.24) is 15.4 Å². The highest BCUT2D eigenvalue weighted by molar-refractivity contribution is 6.42. The van der Waals surface area contributed by atoms with Crippen molar-refractivity contribution in [2.45, 2.75) is 12.8 Å². The molecule has 0 fully saturated rings. The topological polar surface area (TPSA) is 77.1 Å².